The maximum Gasteiger partial charge on any atom is 0.410 e. The smallest absolute Gasteiger partial charge is 0.410 e. The molecule has 0 N–H and O–H groups in total. The van der Waals surface area contributed by atoms with Gasteiger partial charge in [-0.25, -0.2) is 22.0 Å². The number of amides is 1. The molecule has 1 aromatic heterocycles. The van der Waals surface area contributed by atoms with Crippen molar-refractivity contribution >= 4 is 38.7 Å². The Bertz CT molecular complexity index is 1370. The number of furan rings is 1. The highest BCUT2D eigenvalue weighted by molar-refractivity contribution is 7.89. The van der Waals surface area contributed by atoms with Crippen molar-refractivity contribution in [2.45, 2.75) is 43.7 Å². The van der Waals surface area contributed by atoms with Crippen LogP contribution in [0.3, 0.4) is 0 Å². The van der Waals surface area contributed by atoms with Gasteiger partial charge < -0.3 is 14.1 Å². The van der Waals surface area contributed by atoms with Gasteiger partial charge in [0, 0.05) is 12.4 Å². The van der Waals surface area contributed by atoms with Gasteiger partial charge in [0.25, 0.3) is 5.92 Å². The minimum Gasteiger partial charge on any atom is -0.458 e. The molecule has 2 aromatic carbocycles. The summed E-state index contributed by atoms with van der Waals surface area (Å²) in [5, 5.41) is 1.06. The monoisotopic (exact) mass is 526 g/mol. The molecule has 2 heterocycles. The normalized spacial score (nSPS) is 16.2. The molecule has 1 fully saturated rings. The van der Waals surface area contributed by atoms with E-state index < -0.39 is 40.7 Å². The zero-order chi connectivity index (χ0) is 25.8. The summed E-state index contributed by atoms with van der Waals surface area (Å²) in [6, 6.07) is 11.3. The van der Waals surface area contributed by atoms with Crippen LogP contribution in [0.1, 0.15) is 26.5 Å². The van der Waals surface area contributed by atoms with Crippen LogP contribution >= 0.6 is 11.6 Å². The maximum atomic E-state index is 13.1. The standard InChI is InChI=1S/C24H25ClF2N2O5S/c1-23(2,3)34-22(30)28(4)12-18-10-17-9-16(11-20(25)21(17)33-18)15-5-7-19(8-6-15)35(31,32)29-13-24(26,27)14-29/h5-11H,12-14H2,1-4H3. The molecule has 1 aliphatic heterocycles. The Hall–Kier alpha value is -2.69. The van der Waals surface area contributed by atoms with Crippen LogP contribution in [0.4, 0.5) is 13.6 Å². The van der Waals surface area contributed by atoms with Crippen molar-refractivity contribution in [3.63, 3.8) is 0 Å². The SMILES string of the molecule is CN(Cc1cc2cc(-c3ccc(S(=O)(=O)N4CC(F)(F)C4)cc3)cc(Cl)c2o1)C(=O)OC(C)(C)C. The van der Waals surface area contributed by atoms with Crippen LogP contribution in [-0.4, -0.2) is 55.4 Å². The third-order valence-electron chi connectivity index (χ3n) is 5.36. The number of hydrogen-bond acceptors (Lipinski definition) is 5. The minimum atomic E-state index is -3.97. The highest BCUT2D eigenvalue weighted by atomic mass is 35.5. The Morgan fingerprint density at radius 1 is 1.14 bits per heavy atom. The van der Waals surface area contributed by atoms with Crippen LogP contribution in [0.5, 0.6) is 0 Å². The van der Waals surface area contributed by atoms with Gasteiger partial charge in [-0.15, -0.1) is 0 Å². The molecule has 3 aromatic rings. The number of sulfonamides is 1. The largest absolute Gasteiger partial charge is 0.458 e. The van der Waals surface area contributed by atoms with E-state index in [0.29, 0.717) is 27.3 Å². The summed E-state index contributed by atoms with van der Waals surface area (Å²) in [6.07, 6.45) is -0.485. The van der Waals surface area contributed by atoms with Gasteiger partial charge in [-0.1, -0.05) is 23.7 Å². The van der Waals surface area contributed by atoms with E-state index in [-0.39, 0.29) is 11.4 Å². The number of hydrogen-bond donors (Lipinski definition) is 0. The number of ether oxygens (including phenoxy) is 1. The van der Waals surface area contributed by atoms with Gasteiger partial charge in [-0.2, -0.15) is 4.31 Å². The predicted molar refractivity (Wildman–Crippen MR) is 128 cm³/mol. The number of fused-ring (bicyclic) bond motifs is 1. The van der Waals surface area contributed by atoms with Gasteiger partial charge in [0.1, 0.15) is 11.4 Å². The van der Waals surface area contributed by atoms with Gasteiger partial charge in [-0.3, -0.25) is 0 Å². The highest BCUT2D eigenvalue weighted by Crippen LogP contribution is 2.35. The summed E-state index contributed by atoms with van der Waals surface area (Å²) in [7, 11) is -2.37. The number of alkyl halides is 2. The van der Waals surface area contributed by atoms with E-state index in [1.807, 2.05) is 6.07 Å². The first-order valence-electron chi connectivity index (χ1n) is 10.8. The van der Waals surface area contributed by atoms with E-state index >= 15 is 0 Å². The Morgan fingerprint density at radius 2 is 1.77 bits per heavy atom. The lowest BCUT2D eigenvalue weighted by atomic mass is 10.0. The Kier molecular flexibility index (Phi) is 6.36. The molecular weight excluding hydrogens is 502 g/mol. The third kappa shape index (κ3) is 5.44. The van der Waals surface area contributed by atoms with Crippen LogP contribution in [0.15, 0.2) is 51.8 Å². The highest BCUT2D eigenvalue weighted by Gasteiger charge is 2.49. The van der Waals surface area contributed by atoms with E-state index in [2.05, 4.69) is 0 Å². The first-order chi connectivity index (χ1) is 16.1. The summed E-state index contributed by atoms with van der Waals surface area (Å²) in [5.74, 6) is -2.47. The molecular formula is C24H25ClF2N2O5S. The van der Waals surface area contributed by atoms with Gasteiger partial charge >= 0.3 is 6.09 Å². The Balaban J connectivity index is 1.54. The lowest BCUT2D eigenvalue weighted by Crippen LogP contribution is -2.58. The number of carbonyl (C=O) groups is 1. The number of nitrogens with zero attached hydrogens (tertiary/aromatic N) is 2. The molecule has 7 nitrogen and oxygen atoms in total. The van der Waals surface area contributed by atoms with E-state index in [0.717, 1.165) is 9.87 Å². The van der Waals surface area contributed by atoms with Crippen LogP contribution < -0.4 is 0 Å². The quantitative estimate of drug-likeness (QED) is 0.422. The van der Waals surface area contributed by atoms with Crippen molar-refractivity contribution in [1.29, 1.82) is 0 Å². The topological polar surface area (TPSA) is 80.1 Å². The van der Waals surface area contributed by atoms with Crippen LogP contribution in [0, 0.1) is 0 Å². The van der Waals surface area contributed by atoms with Gasteiger partial charge in [-0.05, 0) is 62.2 Å². The molecule has 35 heavy (non-hydrogen) atoms. The second kappa shape index (κ2) is 8.76. The lowest BCUT2D eigenvalue weighted by Gasteiger charge is -2.37. The second-order valence-corrected chi connectivity index (χ2v) is 11.9. The summed E-state index contributed by atoms with van der Waals surface area (Å²) in [4.78, 5) is 13.6. The van der Waals surface area contributed by atoms with E-state index in [1.54, 1.807) is 52.1 Å². The van der Waals surface area contributed by atoms with Crippen LogP contribution in [0.2, 0.25) is 5.02 Å². The van der Waals surface area contributed by atoms with E-state index in [4.69, 9.17) is 20.8 Å². The lowest BCUT2D eigenvalue weighted by molar-refractivity contribution is -0.0945. The molecule has 1 saturated heterocycles. The van der Waals surface area contributed by atoms with Gasteiger partial charge in [0.05, 0.1) is 29.6 Å². The minimum absolute atomic E-state index is 0.0558. The molecule has 0 radical (unpaired) electrons. The number of carbonyl (C=O) groups excluding carboxylic acids is 1. The zero-order valence-electron chi connectivity index (χ0n) is 19.6. The molecule has 1 amide bonds. The molecule has 0 unspecified atom stereocenters. The molecule has 0 bridgehead atoms. The zero-order valence-corrected chi connectivity index (χ0v) is 21.2. The molecule has 0 aliphatic carbocycles. The van der Waals surface area contributed by atoms with E-state index in [1.165, 1.54) is 17.0 Å². The molecule has 4 rings (SSSR count). The maximum absolute atomic E-state index is 13.1. The summed E-state index contributed by atoms with van der Waals surface area (Å²) in [6.45, 7) is 3.91. The summed E-state index contributed by atoms with van der Waals surface area (Å²) < 4.78 is 63.2. The number of rotatable bonds is 5. The molecule has 11 heteroatoms. The first-order valence-corrected chi connectivity index (χ1v) is 12.6. The predicted octanol–water partition coefficient (Wildman–Crippen LogP) is 5.76. The molecule has 0 atom stereocenters. The van der Waals surface area contributed by atoms with Crippen molar-refractivity contribution in [3.8, 4) is 11.1 Å². The van der Waals surface area contributed by atoms with Crippen LogP contribution in [-0.2, 0) is 21.3 Å². The average Bonchev–Trinajstić information content (AvgIpc) is 3.14. The van der Waals surface area contributed by atoms with Gasteiger partial charge in [0.2, 0.25) is 10.0 Å². The van der Waals surface area contributed by atoms with Crippen molar-refractivity contribution in [3.05, 3.63) is 53.2 Å². The van der Waals surface area contributed by atoms with Crippen molar-refractivity contribution in [2.24, 2.45) is 0 Å². The summed E-state index contributed by atoms with van der Waals surface area (Å²) >= 11 is 6.44. The average molecular weight is 527 g/mol. The third-order valence-corrected chi connectivity index (χ3v) is 7.45. The molecule has 0 spiro atoms. The van der Waals surface area contributed by atoms with Crippen molar-refractivity contribution < 1.29 is 31.1 Å². The molecule has 188 valence electrons. The Labute approximate surface area is 207 Å². The number of benzene rings is 2. The fourth-order valence-corrected chi connectivity index (χ4v) is 5.42. The van der Waals surface area contributed by atoms with Gasteiger partial charge in [0.15, 0.2) is 5.58 Å². The van der Waals surface area contributed by atoms with Crippen LogP contribution in [0.25, 0.3) is 22.1 Å². The summed E-state index contributed by atoms with van der Waals surface area (Å²) in [5.41, 5.74) is 1.25. The van der Waals surface area contributed by atoms with Crippen molar-refractivity contribution in [1.82, 2.24) is 9.21 Å². The molecule has 0 saturated carbocycles. The fourth-order valence-electron chi connectivity index (χ4n) is 3.65. The number of halogens is 3. The second-order valence-electron chi connectivity index (χ2n) is 9.58. The first kappa shape index (κ1) is 25.4. The fraction of sp³-hybridized carbons (Fsp3) is 0.375. The molecule has 1 aliphatic rings. The Morgan fingerprint density at radius 3 is 2.34 bits per heavy atom. The van der Waals surface area contributed by atoms with Crippen molar-refractivity contribution in [2.75, 3.05) is 20.1 Å². The van der Waals surface area contributed by atoms with E-state index in [9.17, 15) is 22.0 Å².